The van der Waals surface area contributed by atoms with Crippen LogP contribution in [0.25, 0.3) is 0 Å². The summed E-state index contributed by atoms with van der Waals surface area (Å²) >= 11 is 0. The van der Waals surface area contributed by atoms with Crippen LogP contribution in [-0.4, -0.2) is 24.3 Å². The quantitative estimate of drug-likeness (QED) is 0.512. The molecule has 0 bridgehead atoms. The molecule has 0 saturated carbocycles. The second kappa shape index (κ2) is 5.17. The molecule has 1 rings (SSSR count). The predicted octanol–water partition coefficient (Wildman–Crippen LogP) is 2.98. The predicted molar refractivity (Wildman–Crippen MR) is 53.9 cm³/mol. The normalized spacial score (nSPS) is 12.6. The Kier molecular flexibility index (Phi) is 4.15. The van der Waals surface area contributed by atoms with Crippen molar-refractivity contribution in [1.29, 1.82) is 5.41 Å². The maximum Gasteiger partial charge on any atom is 0.434 e. The first-order valence-electron chi connectivity index (χ1n) is 4.87. The summed E-state index contributed by atoms with van der Waals surface area (Å²) in [5, 5.41) is 6.97. The third-order valence-electron chi connectivity index (χ3n) is 2.08. The third-order valence-corrected chi connectivity index (χ3v) is 2.08. The van der Waals surface area contributed by atoms with Crippen LogP contribution in [0, 0.1) is 11.2 Å². The van der Waals surface area contributed by atoms with E-state index in [9.17, 15) is 30.7 Å². The van der Waals surface area contributed by atoms with Gasteiger partial charge in [-0.15, -0.1) is 0 Å². The lowest BCUT2D eigenvalue weighted by Gasteiger charge is -2.24. The van der Waals surface area contributed by atoms with E-state index in [2.05, 4.69) is 4.74 Å². The Morgan fingerprint density at radius 2 is 1.60 bits per heavy atom. The van der Waals surface area contributed by atoms with Crippen LogP contribution in [0.4, 0.5) is 30.7 Å². The zero-order chi connectivity index (χ0) is 15.7. The molecule has 0 saturated heterocycles. The van der Waals surface area contributed by atoms with Gasteiger partial charge in [0.1, 0.15) is 17.4 Å². The van der Waals surface area contributed by atoms with Gasteiger partial charge in [-0.1, -0.05) is 6.07 Å². The lowest BCUT2D eigenvalue weighted by atomic mass is 10.1. The molecule has 1 aromatic rings. The average Bonchev–Trinajstić information content (AvgIpc) is 2.22. The molecular weight excluding hydrogens is 297 g/mol. The highest BCUT2D eigenvalue weighted by Gasteiger charge is 2.59. The summed E-state index contributed by atoms with van der Waals surface area (Å²) in [5.74, 6) is -3.43. The van der Waals surface area contributed by atoms with Crippen molar-refractivity contribution in [3.63, 3.8) is 0 Å². The molecule has 20 heavy (non-hydrogen) atoms. The lowest BCUT2D eigenvalue weighted by molar-refractivity contribution is -0.299. The standard InChI is InChI=1S/C10H7F7N2O/c11-4-2-1-3-5(6(4)7(18)19)20-8(9(12,13)14)10(15,16)17/h1-3,8H,(H3,18,19). The number of nitrogen functional groups attached to an aromatic ring is 1. The van der Waals surface area contributed by atoms with E-state index in [0.29, 0.717) is 6.07 Å². The molecule has 0 spiro atoms. The van der Waals surface area contributed by atoms with E-state index in [1.807, 2.05) is 0 Å². The molecule has 0 heterocycles. The molecule has 0 aliphatic carbocycles. The van der Waals surface area contributed by atoms with Gasteiger partial charge in [-0.05, 0) is 12.1 Å². The average molecular weight is 304 g/mol. The number of nitrogens with two attached hydrogens (primary N) is 1. The Labute approximate surface area is 107 Å². The number of rotatable bonds is 3. The topological polar surface area (TPSA) is 59.1 Å². The third kappa shape index (κ3) is 3.52. The van der Waals surface area contributed by atoms with Crippen LogP contribution in [0.5, 0.6) is 5.75 Å². The van der Waals surface area contributed by atoms with Crippen molar-refractivity contribution in [2.75, 3.05) is 0 Å². The number of amidine groups is 1. The van der Waals surface area contributed by atoms with Gasteiger partial charge in [0, 0.05) is 0 Å². The Morgan fingerprint density at radius 3 is 2.00 bits per heavy atom. The van der Waals surface area contributed by atoms with Crippen molar-refractivity contribution in [1.82, 2.24) is 0 Å². The summed E-state index contributed by atoms with van der Waals surface area (Å²) in [6, 6.07) is 2.21. The molecule has 0 unspecified atom stereocenters. The highest BCUT2D eigenvalue weighted by atomic mass is 19.4. The van der Waals surface area contributed by atoms with Crippen LogP contribution in [0.3, 0.4) is 0 Å². The van der Waals surface area contributed by atoms with Gasteiger partial charge in [0.2, 0.25) is 0 Å². The molecule has 1 aromatic carbocycles. The SMILES string of the molecule is N=C(N)c1c(F)cccc1OC(C(F)(F)F)C(F)(F)F. The van der Waals surface area contributed by atoms with Crippen LogP contribution in [0.2, 0.25) is 0 Å². The molecule has 112 valence electrons. The molecule has 3 N–H and O–H groups in total. The Bertz CT molecular complexity index is 495. The lowest BCUT2D eigenvalue weighted by Crippen LogP contribution is -2.46. The molecule has 3 nitrogen and oxygen atoms in total. The summed E-state index contributed by atoms with van der Waals surface area (Å²) in [6.45, 7) is 0. The Hall–Kier alpha value is -2.00. The number of ether oxygens (including phenoxy) is 1. The van der Waals surface area contributed by atoms with Crippen molar-refractivity contribution < 1.29 is 35.5 Å². The van der Waals surface area contributed by atoms with Gasteiger partial charge < -0.3 is 10.5 Å². The zero-order valence-corrected chi connectivity index (χ0v) is 9.44. The number of benzene rings is 1. The van der Waals surface area contributed by atoms with E-state index in [4.69, 9.17) is 11.1 Å². The van der Waals surface area contributed by atoms with Gasteiger partial charge in [0.25, 0.3) is 6.10 Å². The summed E-state index contributed by atoms with van der Waals surface area (Å²) in [4.78, 5) is 0. The smallest absolute Gasteiger partial charge is 0.434 e. The first kappa shape index (κ1) is 16.1. The van der Waals surface area contributed by atoms with Gasteiger partial charge in [-0.3, -0.25) is 5.41 Å². The number of halogens is 7. The molecule has 0 aromatic heterocycles. The molecule has 0 radical (unpaired) electrons. The molecule has 0 atom stereocenters. The fourth-order valence-corrected chi connectivity index (χ4v) is 1.31. The second-order valence-electron chi connectivity index (χ2n) is 3.61. The number of nitrogens with one attached hydrogen (secondary N) is 1. The maximum absolute atomic E-state index is 13.3. The number of alkyl halides is 6. The first-order chi connectivity index (χ1) is 8.94. The zero-order valence-electron chi connectivity index (χ0n) is 9.44. The molecular formula is C10H7F7N2O. The van der Waals surface area contributed by atoms with E-state index in [1.165, 1.54) is 0 Å². The summed E-state index contributed by atoms with van der Waals surface area (Å²) in [5.41, 5.74) is 3.94. The first-order valence-corrected chi connectivity index (χ1v) is 4.87. The minimum Gasteiger partial charge on any atom is -0.470 e. The molecule has 0 amide bonds. The highest BCUT2D eigenvalue weighted by molar-refractivity contribution is 5.97. The number of hydrogen-bond donors (Lipinski definition) is 2. The van der Waals surface area contributed by atoms with E-state index in [-0.39, 0.29) is 0 Å². The Morgan fingerprint density at radius 1 is 1.10 bits per heavy atom. The van der Waals surface area contributed by atoms with Crippen LogP contribution in [0.15, 0.2) is 18.2 Å². The van der Waals surface area contributed by atoms with E-state index in [0.717, 1.165) is 12.1 Å². The highest BCUT2D eigenvalue weighted by Crippen LogP contribution is 2.37. The molecule has 10 heteroatoms. The molecule has 0 aliphatic heterocycles. The van der Waals surface area contributed by atoms with Gasteiger partial charge >= 0.3 is 12.4 Å². The number of hydrogen-bond acceptors (Lipinski definition) is 2. The van der Waals surface area contributed by atoms with Gasteiger partial charge in [-0.25, -0.2) is 4.39 Å². The fraction of sp³-hybridized carbons (Fsp3) is 0.300. The largest absolute Gasteiger partial charge is 0.470 e. The fourth-order valence-electron chi connectivity index (χ4n) is 1.31. The summed E-state index contributed by atoms with van der Waals surface area (Å²) < 4.78 is 91.0. The second-order valence-corrected chi connectivity index (χ2v) is 3.61. The van der Waals surface area contributed by atoms with E-state index >= 15 is 0 Å². The van der Waals surface area contributed by atoms with Crippen LogP contribution in [0.1, 0.15) is 5.56 Å². The van der Waals surface area contributed by atoms with E-state index < -0.39 is 41.4 Å². The van der Waals surface area contributed by atoms with Crippen LogP contribution < -0.4 is 10.5 Å². The monoisotopic (exact) mass is 304 g/mol. The van der Waals surface area contributed by atoms with Crippen molar-refractivity contribution in [3.05, 3.63) is 29.6 Å². The van der Waals surface area contributed by atoms with Crippen molar-refractivity contribution >= 4 is 5.84 Å². The van der Waals surface area contributed by atoms with Gasteiger partial charge in [0.05, 0.1) is 5.56 Å². The van der Waals surface area contributed by atoms with Crippen molar-refractivity contribution in [3.8, 4) is 5.75 Å². The van der Waals surface area contributed by atoms with Crippen LogP contribution >= 0.6 is 0 Å². The van der Waals surface area contributed by atoms with Crippen LogP contribution in [-0.2, 0) is 0 Å². The minimum atomic E-state index is -5.75. The summed E-state index contributed by atoms with van der Waals surface area (Å²) in [7, 11) is 0. The minimum absolute atomic E-state index is 0.657. The van der Waals surface area contributed by atoms with Gasteiger partial charge in [0.15, 0.2) is 0 Å². The molecule has 0 fully saturated rings. The van der Waals surface area contributed by atoms with E-state index in [1.54, 1.807) is 0 Å². The summed E-state index contributed by atoms with van der Waals surface area (Å²) in [6.07, 6.45) is -15.6. The van der Waals surface area contributed by atoms with Crippen molar-refractivity contribution in [2.24, 2.45) is 5.73 Å². The molecule has 0 aliphatic rings. The van der Waals surface area contributed by atoms with Crippen molar-refractivity contribution in [2.45, 2.75) is 18.5 Å². The van der Waals surface area contributed by atoms with Gasteiger partial charge in [-0.2, -0.15) is 26.3 Å². The maximum atomic E-state index is 13.3. The Balaban J connectivity index is 3.26.